The molecule has 4 rings (SSSR count). The molecule has 0 N–H and O–H groups in total. The Morgan fingerprint density at radius 2 is 1.67 bits per heavy atom. The lowest BCUT2D eigenvalue weighted by atomic mass is 9.93. The number of pyridine rings is 1. The zero-order valence-corrected chi connectivity index (χ0v) is 18.3. The minimum atomic E-state index is -0.306. The summed E-state index contributed by atoms with van der Waals surface area (Å²) in [6, 6.07) is 23.2. The summed E-state index contributed by atoms with van der Waals surface area (Å²) >= 11 is 3.53. The molecule has 0 saturated heterocycles. The second kappa shape index (κ2) is 8.25. The van der Waals surface area contributed by atoms with Crippen molar-refractivity contribution in [1.82, 2.24) is 4.57 Å². The van der Waals surface area contributed by atoms with Crippen molar-refractivity contribution in [3.63, 3.8) is 0 Å². The number of allylic oxidation sites excluding steroid dienone is 1. The Kier molecular flexibility index (Phi) is 5.51. The predicted molar refractivity (Wildman–Crippen MR) is 127 cm³/mol. The number of rotatable bonds is 4. The summed E-state index contributed by atoms with van der Waals surface area (Å²) in [6.45, 7) is 1.99. The summed E-state index contributed by atoms with van der Waals surface area (Å²) in [4.78, 5) is 26.6. The van der Waals surface area contributed by atoms with Crippen LogP contribution in [-0.2, 0) is 7.05 Å². The van der Waals surface area contributed by atoms with Crippen molar-refractivity contribution in [2.45, 2.75) is 6.92 Å². The van der Waals surface area contributed by atoms with Gasteiger partial charge < -0.3 is 4.57 Å². The second-order valence-electron chi connectivity index (χ2n) is 7.20. The number of hydrogen-bond acceptors (Lipinski definition) is 2. The minimum Gasteiger partial charge on any atom is -0.311 e. The van der Waals surface area contributed by atoms with Crippen LogP contribution in [0.25, 0.3) is 28.1 Å². The van der Waals surface area contributed by atoms with Crippen LogP contribution in [0.3, 0.4) is 0 Å². The number of aromatic nitrogens is 1. The molecule has 1 aromatic heterocycles. The van der Waals surface area contributed by atoms with Gasteiger partial charge in [-0.25, -0.2) is 0 Å². The van der Waals surface area contributed by atoms with Gasteiger partial charge in [-0.15, -0.1) is 0 Å². The maximum atomic E-state index is 13.3. The Labute approximate surface area is 183 Å². The molecule has 3 nitrogen and oxygen atoms in total. The Bertz CT molecular complexity index is 1350. The molecule has 4 heteroatoms. The van der Waals surface area contributed by atoms with Gasteiger partial charge in [0.25, 0.3) is 5.56 Å². The molecule has 0 saturated carbocycles. The molecule has 0 aliphatic carbocycles. The molecule has 0 bridgehead atoms. The fraction of sp³-hybridized carbons (Fsp3) is 0.0769. The predicted octanol–water partition coefficient (Wildman–Crippen LogP) is 6.17. The van der Waals surface area contributed by atoms with Gasteiger partial charge in [-0.1, -0.05) is 76.6 Å². The average molecular weight is 458 g/mol. The number of ketones is 1. The van der Waals surface area contributed by atoms with Crippen LogP contribution in [0.15, 0.2) is 88.1 Å². The van der Waals surface area contributed by atoms with E-state index >= 15 is 0 Å². The van der Waals surface area contributed by atoms with E-state index < -0.39 is 0 Å². The summed E-state index contributed by atoms with van der Waals surface area (Å²) in [6.07, 6.45) is 3.27. The Morgan fingerprint density at radius 1 is 0.967 bits per heavy atom. The maximum Gasteiger partial charge on any atom is 0.262 e. The summed E-state index contributed by atoms with van der Waals surface area (Å²) in [5.41, 5.74) is 4.18. The fourth-order valence-electron chi connectivity index (χ4n) is 3.68. The van der Waals surface area contributed by atoms with Crippen LogP contribution in [0.1, 0.15) is 21.5 Å². The summed E-state index contributed by atoms with van der Waals surface area (Å²) < 4.78 is 2.43. The Balaban J connectivity index is 1.99. The molecule has 0 fully saturated rings. The van der Waals surface area contributed by atoms with Gasteiger partial charge >= 0.3 is 0 Å². The normalized spacial score (nSPS) is 11.3. The van der Waals surface area contributed by atoms with Crippen molar-refractivity contribution in [2.75, 3.05) is 0 Å². The first kappa shape index (κ1) is 20.0. The quantitative estimate of drug-likeness (QED) is 0.271. The number of aryl methyl sites for hydroxylation is 2. The van der Waals surface area contributed by atoms with Gasteiger partial charge in [-0.2, -0.15) is 0 Å². The fourth-order valence-corrected chi connectivity index (χ4v) is 4.04. The minimum absolute atomic E-state index is 0.180. The SMILES string of the molecule is Cc1ccccc1C=CC(=O)c1c(-c2ccccc2)c2cc(Br)ccc2n(C)c1=O. The standard InChI is InChI=1S/C26H20BrNO2/c1-17-8-6-7-9-18(17)12-15-23(29)25-24(19-10-4-3-5-11-19)21-16-20(27)13-14-22(21)28(2)26(25)30/h3-16H,1-2H3. The molecule has 0 atom stereocenters. The first-order chi connectivity index (χ1) is 14.5. The van der Waals surface area contributed by atoms with Crippen molar-refractivity contribution < 1.29 is 4.79 Å². The van der Waals surface area contributed by atoms with E-state index in [1.54, 1.807) is 17.7 Å². The van der Waals surface area contributed by atoms with Crippen LogP contribution < -0.4 is 5.56 Å². The number of benzene rings is 3. The van der Waals surface area contributed by atoms with Crippen LogP contribution in [-0.4, -0.2) is 10.4 Å². The molecule has 3 aromatic carbocycles. The van der Waals surface area contributed by atoms with Crippen LogP contribution in [0.5, 0.6) is 0 Å². The van der Waals surface area contributed by atoms with Crippen LogP contribution in [0.4, 0.5) is 0 Å². The van der Waals surface area contributed by atoms with E-state index in [2.05, 4.69) is 15.9 Å². The van der Waals surface area contributed by atoms with E-state index in [4.69, 9.17) is 0 Å². The Morgan fingerprint density at radius 3 is 2.40 bits per heavy atom. The third-order valence-electron chi connectivity index (χ3n) is 5.27. The molecule has 30 heavy (non-hydrogen) atoms. The van der Waals surface area contributed by atoms with Gasteiger partial charge in [0.15, 0.2) is 5.78 Å². The van der Waals surface area contributed by atoms with E-state index in [-0.39, 0.29) is 16.9 Å². The lowest BCUT2D eigenvalue weighted by Gasteiger charge is -2.15. The monoisotopic (exact) mass is 457 g/mol. The van der Waals surface area contributed by atoms with E-state index in [1.165, 1.54) is 6.08 Å². The van der Waals surface area contributed by atoms with E-state index in [0.29, 0.717) is 5.56 Å². The zero-order chi connectivity index (χ0) is 21.3. The topological polar surface area (TPSA) is 39.1 Å². The lowest BCUT2D eigenvalue weighted by molar-refractivity contribution is 0.104. The first-order valence-electron chi connectivity index (χ1n) is 9.63. The van der Waals surface area contributed by atoms with Gasteiger partial charge in [0.1, 0.15) is 0 Å². The highest BCUT2D eigenvalue weighted by molar-refractivity contribution is 9.10. The van der Waals surface area contributed by atoms with Crippen LogP contribution in [0, 0.1) is 6.92 Å². The summed E-state index contributed by atoms with van der Waals surface area (Å²) in [5, 5.41) is 0.852. The third-order valence-corrected chi connectivity index (χ3v) is 5.76. The summed E-state index contributed by atoms with van der Waals surface area (Å²) in [5.74, 6) is -0.306. The maximum absolute atomic E-state index is 13.3. The number of fused-ring (bicyclic) bond motifs is 1. The highest BCUT2D eigenvalue weighted by Crippen LogP contribution is 2.32. The van der Waals surface area contributed by atoms with Crippen molar-refractivity contribution in [3.8, 4) is 11.1 Å². The highest BCUT2D eigenvalue weighted by atomic mass is 79.9. The number of nitrogens with zero attached hydrogens (tertiary/aromatic N) is 1. The van der Waals surface area contributed by atoms with E-state index in [0.717, 1.165) is 32.1 Å². The number of hydrogen-bond donors (Lipinski definition) is 0. The van der Waals surface area contributed by atoms with Gasteiger partial charge in [0.2, 0.25) is 0 Å². The molecule has 4 aromatic rings. The smallest absolute Gasteiger partial charge is 0.262 e. The molecule has 0 aliphatic heterocycles. The molecule has 1 heterocycles. The van der Waals surface area contributed by atoms with Crippen molar-refractivity contribution >= 4 is 38.7 Å². The lowest BCUT2D eigenvalue weighted by Crippen LogP contribution is -2.25. The number of halogens is 1. The van der Waals surface area contributed by atoms with Gasteiger partial charge in [-0.3, -0.25) is 9.59 Å². The second-order valence-corrected chi connectivity index (χ2v) is 8.11. The van der Waals surface area contributed by atoms with Gasteiger partial charge in [0, 0.05) is 22.5 Å². The molecular formula is C26H20BrNO2. The first-order valence-corrected chi connectivity index (χ1v) is 10.4. The molecule has 0 amide bonds. The molecule has 0 unspecified atom stereocenters. The molecule has 148 valence electrons. The van der Waals surface area contributed by atoms with Crippen molar-refractivity contribution in [3.05, 3.63) is 110 Å². The largest absolute Gasteiger partial charge is 0.311 e. The van der Waals surface area contributed by atoms with E-state index in [1.807, 2.05) is 79.7 Å². The van der Waals surface area contributed by atoms with Crippen LogP contribution in [0.2, 0.25) is 0 Å². The molecule has 0 radical (unpaired) electrons. The van der Waals surface area contributed by atoms with Gasteiger partial charge in [-0.05, 0) is 47.9 Å². The number of carbonyl (C=O) groups excluding carboxylic acids is 1. The van der Waals surface area contributed by atoms with Crippen molar-refractivity contribution in [2.24, 2.45) is 7.05 Å². The average Bonchev–Trinajstić information content (AvgIpc) is 2.75. The Hall–Kier alpha value is -3.24. The van der Waals surface area contributed by atoms with Gasteiger partial charge in [0.05, 0.1) is 11.1 Å². The zero-order valence-electron chi connectivity index (χ0n) is 16.7. The van der Waals surface area contributed by atoms with E-state index in [9.17, 15) is 9.59 Å². The summed E-state index contributed by atoms with van der Waals surface area (Å²) in [7, 11) is 1.70. The molecular weight excluding hydrogens is 438 g/mol. The molecule has 0 spiro atoms. The molecule has 0 aliphatic rings. The highest BCUT2D eigenvalue weighted by Gasteiger charge is 2.21. The number of carbonyl (C=O) groups is 1. The van der Waals surface area contributed by atoms with Crippen molar-refractivity contribution in [1.29, 1.82) is 0 Å². The van der Waals surface area contributed by atoms with Crippen LogP contribution >= 0.6 is 15.9 Å². The third kappa shape index (κ3) is 3.66.